The molecule has 0 radical (unpaired) electrons. The molecule has 2 rings (SSSR count). The van der Waals surface area contributed by atoms with E-state index in [0.29, 0.717) is 12.0 Å². The van der Waals surface area contributed by atoms with E-state index in [2.05, 4.69) is 36.3 Å². The molecule has 2 unspecified atom stereocenters. The molecular weight excluding hydrogens is 240 g/mol. The third-order valence-corrected chi connectivity index (χ3v) is 4.90. The molecule has 0 saturated carbocycles. The summed E-state index contributed by atoms with van der Waals surface area (Å²) in [5.41, 5.74) is 6.07. The maximum atomic E-state index is 6.07. The van der Waals surface area contributed by atoms with E-state index in [9.17, 15) is 0 Å². The molecular formula is C15H26N2S. The van der Waals surface area contributed by atoms with Crippen molar-refractivity contribution >= 4 is 11.3 Å². The van der Waals surface area contributed by atoms with Gasteiger partial charge >= 0.3 is 0 Å². The van der Waals surface area contributed by atoms with Crippen molar-refractivity contribution in [1.29, 1.82) is 0 Å². The van der Waals surface area contributed by atoms with Crippen molar-refractivity contribution in [3.63, 3.8) is 0 Å². The van der Waals surface area contributed by atoms with E-state index in [0.717, 1.165) is 12.5 Å². The Morgan fingerprint density at radius 1 is 1.44 bits per heavy atom. The van der Waals surface area contributed by atoms with Gasteiger partial charge in [-0.2, -0.15) is 0 Å². The molecule has 102 valence electrons. The number of nitrogens with zero attached hydrogens (tertiary/aromatic N) is 1. The van der Waals surface area contributed by atoms with E-state index in [1.807, 2.05) is 11.3 Å². The zero-order valence-corrected chi connectivity index (χ0v) is 12.5. The molecule has 1 saturated heterocycles. The van der Waals surface area contributed by atoms with Crippen LogP contribution in [-0.4, -0.2) is 30.6 Å². The Morgan fingerprint density at radius 3 is 2.89 bits per heavy atom. The minimum Gasteiger partial charge on any atom is -0.330 e. The van der Waals surface area contributed by atoms with Crippen LogP contribution in [0.25, 0.3) is 0 Å². The second-order valence-electron chi connectivity index (χ2n) is 5.81. The standard InChI is InChI=1S/C15H26N2S/c1-12(2)11-17-8-4-3-6-14(17)13(10-16)15-7-5-9-18-15/h5,7,9,12-14H,3-4,6,8,10-11,16H2,1-2H3. The third-order valence-electron chi connectivity index (χ3n) is 3.89. The Morgan fingerprint density at radius 2 is 2.28 bits per heavy atom. The normalized spacial score (nSPS) is 23.4. The molecule has 1 aliphatic heterocycles. The molecule has 2 heterocycles. The Kier molecular flexibility index (Phi) is 5.22. The van der Waals surface area contributed by atoms with Crippen molar-refractivity contribution in [3.05, 3.63) is 22.4 Å². The molecule has 18 heavy (non-hydrogen) atoms. The molecule has 2 N–H and O–H groups in total. The van der Waals surface area contributed by atoms with Crippen LogP contribution in [0.1, 0.15) is 43.9 Å². The van der Waals surface area contributed by atoms with Gasteiger partial charge in [-0.25, -0.2) is 0 Å². The van der Waals surface area contributed by atoms with E-state index in [4.69, 9.17) is 5.73 Å². The minimum atomic E-state index is 0.532. The Labute approximate surface area is 115 Å². The van der Waals surface area contributed by atoms with Crippen molar-refractivity contribution < 1.29 is 0 Å². The second-order valence-corrected chi connectivity index (χ2v) is 6.79. The van der Waals surface area contributed by atoms with Crippen molar-refractivity contribution in [2.24, 2.45) is 11.7 Å². The predicted molar refractivity (Wildman–Crippen MR) is 80.2 cm³/mol. The number of thiophene rings is 1. The van der Waals surface area contributed by atoms with Gasteiger partial charge in [-0.1, -0.05) is 26.3 Å². The molecule has 1 fully saturated rings. The first-order chi connectivity index (χ1) is 8.72. The topological polar surface area (TPSA) is 29.3 Å². The summed E-state index contributed by atoms with van der Waals surface area (Å²) in [5.74, 6) is 1.27. The van der Waals surface area contributed by atoms with Gasteiger partial charge in [-0.15, -0.1) is 11.3 Å². The van der Waals surface area contributed by atoms with Crippen molar-refractivity contribution in [1.82, 2.24) is 4.90 Å². The number of piperidine rings is 1. The molecule has 1 aromatic rings. The summed E-state index contributed by atoms with van der Waals surface area (Å²) in [7, 11) is 0. The van der Waals surface area contributed by atoms with E-state index < -0.39 is 0 Å². The van der Waals surface area contributed by atoms with Gasteiger partial charge in [0.25, 0.3) is 0 Å². The van der Waals surface area contributed by atoms with E-state index in [-0.39, 0.29) is 0 Å². The first kappa shape index (κ1) is 14.0. The summed E-state index contributed by atoms with van der Waals surface area (Å²) < 4.78 is 0. The lowest BCUT2D eigenvalue weighted by Crippen LogP contribution is -2.46. The van der Waals surface area contributed by atoms with Gasteiger partial charge in [0, 0.05) is 29.9 Å². The molecule has 0 aliphatic carbocycles. The van der Waals surface area contributed by atoms with Gasteiger partial charge in [-0.3, -0.25) is 4.90 Å². The average Bonchev–Trinajstić information content (AvgIpc) is 2.85. The lowest BCUT2D eigenvalue weighted by atomic mass is 9.88. The highest BCUT2D eigenvalue weighted by atomic mass is 32.1. The number of hydrogen-bond donors (Lipinski definition) is 1. The number of nitrogens with two attached hydrogens (primary N) is 1. The number of rotatable bonds is 5. The zero-order chi connectivity index (χ0) is 13.0. The second kappa shape index (κ2) is 6.69. The van der Waals surface area contributed by atoms with Crippen LogP contribution in [0.2, 0.25) is 0 Å². The lowest BCUT2D eigenvalue weighted by molar-refractivity contribution is 0.113. The summed E-state index contributed by atoms with van der Waals surface area (Å²) in [6.45, 7) is 7.87. The van der Waals surface area contributed by atoms with Gasteiger partial charge < -0.3 is 5.73 Å². The van der Waals surface area contributed by atoms with E-state index in [1.54, 1.807) is 0 Å². The highest BCUT2D eigenvalue weighted by molar-refractivity contribution is 7.10. The fraction of sp³-hybridized carbons (Fsp3) is 0.733. The summed E-state index contributed by atoms with van der Waals surface area (Å²) in [6, 6.07) is 5.06. The molecule has 1 aliphatic rings. The van der Waals surface area contributed by atoms with E-state index in [1.165, 1.54) is 37.2 Å². The van der Waals surface area contributed by atoms with Crippen LogP contribution in [0, 0.1) is 5.92 Å². The molecule has 0 spiro atoms. The van der Waals surface area contributed by atoms with Gasteiger partial charge in [0.05, 0.1) is 0 Å². The third kappa shape index (κ3) is 3.34. The number of hydrogen-bond acceptors (Lipinski definition) is 3. The number of likely N-dealkylation sites (tertiary alicyclic amines) is 1. The van der Waals surface area contributed by atoms with Gasteiger partial charge in [0.15, 0.2) is 0 Å². The summed E-state index contributed by atoms with van der Waals surface area (Å²) in [4.78, 5) is 4.16. The van der Waals surface area contributed by atoms with Crippen molar-refractivity contribution in [2.75, 3.05) is 19.6 Å². The largest absolute Gasteiger partial charge is 0.330 e. The highest BCUT2D eigenvalue weighted by Crippen LogP contribution is 2.32. The van der Waals surface area contributed by atoms with Crippen LogP contribution in [0.15, 0.2) is 17.5 Å². The van der Waals surface area contributed by atoms with Crippen molar-refractivity contribution in [2.45, 2.75) is 45.1 Å². The summed E-state index contributed by atoms with van der Waals surface area (Å²) in [5, 5.41) is 2.17. The summed E-state index contributed by atoms with van der Waals surface area (Å²) in [6.07, 6.45) is 4.03. The Bertz CT molecular complexity index is 334. The van der Waals surface area contributed by atoms with Crippen LogP contribution in [0.5, 0.6) is 0 Å². The van der Waals surface area contributed by atoms with E-state index >= 15 is 0 Å². The minimum absolute atomic E-state index is 0.532. The molecule has 0 amide bonds. The van der Waals surface area contributed by atoms with Crippen molar-refractivity contribution in [3.8, 4) is 0 Å². The van der Waals surface area contributed by atoms with Crippen LogP contribution in [-0.2, 0) is 0 Å². The molecule has 2 nitrogen and oxygen atoms in total. The lowest BCUT2D eigenvalue weighted by Gasteiger charge is -2.40. The molecule has 1 aromatic heterocycles. The first-order valence-corrected chi connectivity index (χ1v) is 8.08. The SMILES string of the molecule is CC(C)CN1CCCCC1C(CN)c1cccs1. The molecule has 3 heteroatoms. The van der Waals surface area contributed by atoms with Gasteiger partial charge in [0.1, 0.15) is 0 Å². The average molecular weight is 266 g/mol. The van der Waals surface area contributed by atoms with Crippen LogP contribution < -0.4 is 5.73 Å². The molecule has 0 bridgehead atoms. The quantitative estimate of drug-likeness (QED) is 0.886. The molecule has 0 aromatic carbocycles. The monoisotopic (exact) mass is 266 g/mol. The fourth-order valence-electron chi connectivity index (χ4n) is 3.13. The highest BCUT2D eigenvalue weighted by Gasteiger charge is 2.30. The van der Waals surface area contributed by atoms with Crippen LogP contribution in [0.4, 0.5) is 0 Å². The van der Waals surface area contributed by atoms with Crippen LogP contribution in [0.3, 0.4) is 0 Å². The van der Waals surface area contributed by atoms with Gasteiger partial charge in [-0.05, 0) is 36.8 Å². The maximum Gasteiger partial charge on any atom is 0.0211 e. The first-order valence-electron chi connectivity index (χ1n) is 7.20. The Balaban J connectivity index is 2.11. The van der Waals surface area contributed by atoms with Crippen LogP contribution >= 0.6 is 11.3 Å². The molecule has 2 atom stereocenters. The van der Waals surface area contributed by atoms with Gasteiger partial charge in [0.2, 0.25) is 0 Å². The Hall–Kier alpha value is -0.380. The maximum absolute atomic E-state index is 6.07. The fourth-order valence-corrected chi connectivity index (χ4v) is 4.03. The summed E-state index contributed by atoms with van der Waals surface area (Å²) >= 11 is 1.86. The predicted octanol–water partition coefficient (Wildman–Crippen LogP) is 3.30. The smallest absolute Gasteiger partial charge is 0.0211 e. The zero-order valence-electron chi connectivity index (χ0n) is 11.6.